The first-order chi connectivity index (χ1) is 8.21. The molecule has 0 bridgehead atoms. The molecule has 0 N–H and O–H groups in total. The second-order valence-electron chi connectivity index (χ2n) is 6.05. The van der Waals surface area contributed by atoms with Crippen LogP contribution in [0.25, 0.3) is 0 Å². The van der Waals surface area contributed by atoms with Gasteiger partial charge < -0.3 is 0 Å². The van der Waals surface area contributed by atoms with Crippen molar-refractivity contribution < 1.29 is 9.59 Å². The van der Waals surface area contributed by atoms with Crippen LogP contribution in [0.3, 0.4) is 0 Å². The molecule has 0 aliphatic rings. The van der Waals surface area contributed by atoms with Crippen molar-refractivity contribution in [2.24, 2.45) is 5.92 Å². The Morgan fingerprint density at radius 3 is 1.94 bits per heavy atom. The Morgan fingerprint density at radius 2 is 1.56 bits per heavy atom. The van der Waals surface area contributed by atoms with Gasteiger partial charge in [-0.3, -0.25) is 9.59 Å². The van der Waals surface area contributed by atoms with Crippen LogP contribution in [0.2, 0.25) is 0 Å². The van der Waals surface area contributed by atoms with Gasteiger partial charge in [0.05, 0.1) is 6.42 Å². The number of ketones is 2. The summed E-state index contributed by atoms with van der Waals surface area (Å²) in [7, 11) is 0. The fourth-order valence-corrected chi connectivity index (χ4v) is 1.62. The lowest BCUT2D eigenvalue weighted by Gasteiger charge is -2.19. The summed E-state index contributed by atoms with van der Waals surface area (Å²) in [6.45, 7) is 10.0. The molecule has 0 saturated carbocycles. The largest absolute Gasteiger partial charge is 0.299 e. The highest BCUT2D eigenvalue weighted by molar-refractivity contribution is 6.08. The van der Waals surface area contributed by atoms with E-state index < -0.39 is 0 Å². The van der Waals surface area contributed by atoms with Gasteiger partial charge in [-0.1, -0.05) is 58.9 Å². The molecule has 0 aliphatic carbocycles. The molecule has 1 aromatic rings. The summed E-state index contributed by atoms with van der Waals surface area (Å²) in [5, 5.41) is 0. The molecular formula is C16H22O2. The van der Waals surface area contributed by atoms with Gasteiger partial charge in [0.2, 0.25) is 0 Å². The maximum atomic E-state index is 11.9. The molecule has 1 rings (SSSR count). The third kappa shape index (κ3) is 3.80. The van der Waals surface area contributed by atoms with Gasteiger partial charge in [0.1, 0.15) is 5.78 Å². The minimum atomic E-state index is -0.0887. The number of hydrogen-bond donors (Lipinski definition) is 0. The highest BCUT2D eigenvalue weighted by Gasteiger charge is 2.16. The molecular weight excluding hydrogens is 224 g/mol. The van der Waals surface area contributed by atoms with Gasteiger partial charge in [-0.15, -0.1) is 0 Å². The first kappa shape index (κ1) is 14.6. The van der Waals surface area contributed by atoms with Crippen molar-refractivity contribution in [1.82, 2.24) is 0 Å². The molecule has 0 fully saturated rings. The zero-order valence-electron chi connectivity index (χ0n) is 11.9. The van der Waals surface area contributed by atoms with Gasteiger partial charge in [0.15, 0.2) is 5.78 Å². The van der Waals surface area contributed by atoms with E-state index in [9.17, 15) is 9.59 Å². The second-order valence-corrected chi connectivity index (χ2v) is 6.05. The molecule has 1 aromatic carbocycles. The van der Waals surface area contributed by atoms with E-state index >= 15 is 0 Å². The van der Waals surface area contributed by atoms with Gasteiger partial charge >= 0.3 is 0 Å². The number of hydrogen-bond acceptors (Lipinski definition) is 2. The Balaban J connectivity index is 2.80. The van der Waals surface area contributed by atoms with E-state index in [4.69, 9.17) is 0 Å². The van der Waals surface area contributed by atoms with Crippen molar-refractivity contribution >= 4 is 11.6 Å². The number of carbonyl (C=O) groups excluding carboxylic acids is 2. The van der Waals surface area contributed by atoms with E-state index in [0.717, 1.165) is 0 Å². The summed E-state index contributed by atoms with van der Waals surface area (Å²) < 4.78 is 0. The summed E-state index contributed by atoms with van der Waals surface area (Å²) in [6.07, 6.45) is 0.00648. The van der Waals surface area contributed by atoms with Crippen molar-refractivity contribution in [3.05, 3.63) is 35.4 Å². The van der Waals surface area contributed by atoms with Gasteiger partial charge in [-0.25, -0.2) is 0 Å². The van der Waals surface area contributed by atoms with Crippen LogP contribution in [-0.2, 0) is 10.2 Å². The Morgan fingerprint density at radius 1 is 1.06 bits per heavy atom. The summed E-state index contributed by atoms with van der Waals surface area (Å²) in [5.41, 5.74) is 1.89. The second kappa shape index (κ2) is 5.47. The summed E-state index contributed by atoms with van der Waals surface area (Å²) in [6, 6.07) is 7.56. The van der Waals surface area contributed by atoms with Crippen molar-refractivity contribution in [3.63, 3.8) is 0 Å². The molecule has 0 aromatic heterocycles. The highest BCUT2D eigenvalue weighted by Crippen LogP contribution is 2.22. The topological polar surface area (TPSA) is 34.1 Å². The Bertz CT molecular complexity index is 433. The van der Waals surface area contributed by atoms with E-state index in [0.29, 0.717) is 5.56 Å². The number of rotatable bonds is 4. The van der Waals surface area contributed by atoms with E-state index in [1.807, 2.05) is 38.1 Å². The zero-order chi connectivity index (χ0) is 13.9. The average molecular weight is 246 g/mol. The standard InChI is InChI=1S/C16H22O2/c1-11(2)14(17)10-15(18)12-6-8-13(9-7-12)16(3,4)5/h6-9,11H,10H2,1-5H3. The van der Waals surface area contributed by atoms with Gasteiger partial charge in [-0.2, -0.15) is 0 Å². The Labute approximate surface area is 109 Å². The predicted molar refractivity (Wildman–Crippen MR) is 73.9 cm³/mol. The molecule has 0 aliphatic heterocycles. The van der Waals surface area contributed by atoms with Crippen LogP contribution in [0.4, 0.5) is 0 Å². The van der Waals surface area contributed by atoms with E-state index in [1.165, 1.54) is 5.56 Å². The van der Waals surface area contributed by atoms with Crippen molar-refractivity contribution in [2.75, 3.05) is 0 Å². The van der Waals surface area contributed by atoms with Crippen LogP contribution >= 0.6 is 0 Å². The van der Waals surface area contributed by atoms with Crippen LogP contribution in [0, 0.1) is 5.92 Å². The summed E-state index contributed by atoms with van der Waals surface area (Å²) in [4.78, 5) is 23.4. The molecule has 0 unspecified atom stereocenters. The van der Waals surface area contributed by atoms with Crippen molar-refractivity contribution in [1.29, 1.82) is 0 Å². The number of benzene rings is 1. The van der Waals surface area contributed by atoms with Crippen LogP contribution in [0.1, 0.15) is 57.0 Å². The molecule has 0 heterocycles. The van der Waals surface area contributed by atoms with E-state index in [2.05, 4.69) is 20.8 Å². The minimum Gasteiger partial charge on any atom is -0.299 e. The van der Waals surface area contributed by atoms with Crippen LogP contribution in [0.15, 0.2) is 24.3 Å². The molecule has 0 atom stereocenters. The maximum Gasteiger partial charge on any atom is 0.170 e. The zero-order valence-corrected chi connectivity index (χ0v) is 11.9. The third-order valence-electron chi connectivity index (χ3n) is 3.05. The molecule has 0 spiro atoms. The molecule has 18 heavy (non-hydrogen) atoms. The SMILES string of the molecule is CC(C)C(=O)CC(=O)c1ccc(C(C)(C)C)cc1. The Hall–Kier alpha value is -1.44. The Kier molecular flexibility index (Phi) is 4.44. The minimum absolute atomic E-state index is 0.0000945. The monoisotopic (exact) mass is 246 g/mol. The first-order valence-corrected chi connectivity index (χ1v) is 6.38. The average Bonchev–Trinajstić information content (AvgIpc) is 2.27. The third-order valence-corrected chi connectivity index (χ3v) is 3.05. The van der Waals surface area contributed by atoms with Gasteiger partial charge in [0.25, 0.3) is 0 Å². The smallest absolute Gasteiger partial charge is 0.170 e. The molecule has 0 amide bonds. The van der Waals surface area contributed by atoms with Crippen molar-refractivity contribution in [2.45, 2.75) is 46.5 Å². The molecule has 2 heteroatoms. The van der Waals surface area contributed by atoms with Crippen LogP contribution < -0.4 is 0 Å². The van der Waals surface area contributed by atoms with Crippen LogP contribution in [0.5, 0.6) is 0 Å². The lowest BCUT2D eigenvalue weighted by atomic mass is 9.86. The van der Waals surface area contributed by atoms with E-state index in [-0.39, 0.29) is 29.3 Å². The lowest BCUT2D eigenvalue weighted by Crippen LogP contribution is -2.14. The van der Waals surface area contributed by atoms with E-state index in [1.54, 1.807) is 0 Å². The summed E-state index contributed by atoms with van der Waals surface area (Å²) >= 11 is 0. The normalized spacial score (nSPS) is 11.7. The van der Waals surface area contributed by atoms with Gasteiger partial charge in [0, 0.05) is 11.5 Å². The fraction of sp³-hybridized carbons (Fsp3) is 0.500. The lowest BCUT2D eigenvalue weighted by molar-refractivity contribution is -0.121. The molecule has 0 saturated heterocycles. The fourth-order valence-electron chi connectivity index (χ4n) is 1.62. The highest BCUT2D eigenvalue weighted by atomic mass is 16.1. The maximum absolute atomic E-state index is 11.9. The van der Waals surface area contributed by atoms with Crippen LogP contribution in [-0.4, -0.2) is 11.6 Å². The quantitative estimate of drug-likeness (QED) is 0.598. The molecule has 0 radical (unpaired) electrons. The van der Waals surface area contributed by atoms with Gasteiger partial charge in [-0.05, 0) is 11.0 Å². The first-order valence-electron chi connectivity index (χ1n) is 6.38. The summed E-state index contributed by atoms with van der Waals surface area (Å²) in [5.74, 6) is -0.170. The number of carbonyl (C=O) groups is 2. The number of Topliss-reactive ketones (excluding diaryl/α,β-unsaturated/α-hetero) is 2. The molecule has 98 valence electrons. The molecule has 2 nitrogen and oxygen atoms in total. The predicted octanol–water partition coefficient (Wildman–Crippen LogP) is 3.78. The van der Waals surface area contributed by atoms with Crippen molar-refractivity contribution in [3.8, 4) is 0 Å².